The molecule has 1 aliphatic rings. The van der Waals surface area contributed by atoms with Crippen LogP contribution in [0, 0.1) is 0 Å². The Balaban J connectivity index is 1.07. The Hall–Kier alpha value is -7.07. The maximum atomic E-state index is 12.8. The summed E-state index contributed by atoms with van der Waals surface area (Å²) in [6.07, 6.45) is 6.10. The van der Waals surface area contributed by atoms with Crippen LogP contribution in [0.5, 0.6) is 17.2 Å². The Morgan fingerprint density at radius 3 is 2.04 bits per heavy atom. The maximum absolute atomic E-state index is 12.8. The summed E-state index contributed by atoms with van der Waals surface area (Å²) >= 11 is 0. The highest BCUT2D eigenvalue weighted by Crippen LogP contribution is 2.42. The van der Waals surface area contributed by atoms with E-state index in [1.165, 1.54) is 24.3 Å². The molecule has 0 saturated heterocycles. The number of rotatable bonds is 13. The number of aryl methyl sites for hydroxylation is 1. The fourth-order valence-electron chi connectivity index (χ4n) is 7.11. The van der Waals surface area contributed by atoms with Crippen molar-refractivity contribution in [1.29, 1.82) is 0 Å². The number of amides is 2. The van der Waals surface area contributed by atoms with Crippen LogP contribution in [-0.2, 0) is 6.54 Å². The van der Waals surface area contributed by atoms with Crippen LogP contribution in [0.25, 0.3) is 38.7 Å². The molecule has 10 heteroatoms. The van der Waals surface area contributed by atoms with Crippen molar-refractivity contribution in [3.05, 3.63) is 156 Å². The lowest BCUT2D eigenvalue weighted by molar-refractivity contribution is -0.678. The summed E-state index contributed by atoms with van der Waals surface area (Å²) in [5.74, 6) is 1.67. The van der Waals surface area contributed by atoms with Crippen LogP contribution in [-0.4, -0.2) is 36.6 Å². The number of aromatic nitrogens is 1. The predicted molar refractivity (Wildman–Crippen MR) is 220 cm³/mol. The minimum Gasteiger partial charge on any atom is -0.872 e. The van der Waals surface area contributed by atoms with Crippen LogP contribution in [0.3, 0.4) is 0 Å². The van der Waals surface area contributed by atoms with E-state index in [0.29, 0.717) is 68.3 Å². The number of hydrogen-bond acceptors (Lipinski definition) is 7. The monoisotopic (exact) mass is 758 g/mol. The van der Waals surface area contributed by atoms with Crippen molar-refractivity contribution in [2.45, 2.75) is 32.7 Å². The lowest BCUT2D eigenvalue weighted by atomic mass is 10.1. The second kappa shape index (κ2) is 16.3. The van der Waals surface area contributed by atoms with Crippen molar-refractivity contribution in [2.75, 3.05) is 24.5 Å². The van der Waals surface area contributed by atoms with Crippen LogP contribution >= 0.6 is 0 Å². The molecule has 10 nitrogen and oxygen atoms in total. The molecule has 1 aliphatic heterocycles. The van der Waals surface area contributed by atoms with E-state index in [-0.39, 0.29) is 23.3 Å². The first-order valence-corrected chi connectivity index (χ1v) is 19.2. The molecule has 3 N–H and O–H groups in total. The molecule has 2 amide bonds. The molecule has 8 rings (SSSR count). The van der Waals surface area contributed by atoms with E-state index >= 15 is 0 Å². The van der Waals surface area contributed by atoms with E-state index in [4.69, 9.17) is 9.15 Å². The molecule has 0 saturated carbocycles. The molecule has 0 bridgehead atoms. The van der Waals surface area contributed by atoms with Crippen LogP contribution in [0.2, 0.25) is 0 Å². The number of hydrogen-bond donors (Lipinski definition) is 3. The van der Waals surface area contributed by atoms with Crippen LogP contribution < -0.4 is 29.9 Å². The van der Waals surface area contributed by atoms with E-state index in [1.807, 2.05) is 24.3 Å². The summed E-state index contributed by atoms with van der Waals surface area (Å²) in [5.41, 5.74) is 4.59. The standard InChI is InChI=1S/C47H42N4O6/c1-2-31(25-44-50(23-7-21-48-46(54)32-13-17-38(52)18-14-32)40-27-34-9-3-5-11-36(34)29-42(40)56-44)26-45-51(24-8-22-49-47(55)33-15-19-39(53)20-16-33)41-28-35-10-4-6-12-37(35)30-43(41)57-45/h3-6,9-20,25-30H,2,7-8,21-24H2,1H3,(H3-,48,49,52,53,54,55). The normalized spacial score (nSPS) is 13.3. The zero-order chi connectivity index (χ0) is 39.3. The zero-order valence-corrected chi connectivity index (χ0v) is 31.5. The van der Waals surface area contributed by atoms with Crippen molar-refractivity contribution in [1.82, 2.24) is 10.6 Å². The van der Waals surface area contributed by atoms with Gasteiger partial charge in [0.15, 0.2) is 12.3 Å². The number of oxazole rings is 1. The van der Waals surface area contributed by atoms with Gasteiger partial charge in [-0.1, -0.05) is 79.7 Å². The van der Waals surface area contributed by atoms with E-state index < -0.39 is 0 Å². The number of nitrogens with zero attached hydrogens (tertiary/aromatic N) is 2. The van der Waals surface area contributed by atoms with Crippen molar-refractivity contribution in [3.63, 3.8) is 0 Å². The van der Waals surface area contributed by atoms with Crippen molar-refractivity contribution < 1.29 is 33.5 Å². The number of ether oxygens (including phenoxy) is 1. The van der Waals surface area contributed by atoms with Crippen LogP contribution in [0.1, 0.15) is 52.8 Å². The average molecular weight is 759 g/mol. The second-order valence-corrected chi connectivity index (χ2v) is 14.0. The van der Waals surface area contributed by atoms with Gasteiger partial charge in [-0.15, -0.1) is 5.75 Å². The van der Waals surface area contributed by atoms with Crippen LogP contribution in [0.4, 0.5) is 5.69 Å². The molecule has 6 aromatic carbocycles. The fourth-order valence-corrected chi connectivity index (χ4v) is 7.11. The van der Waals surface area contributed by atoms with Gasteiger partial charge in [0.2, 0.25) is 11.5 Å². The summed E-state index contributed by atoms with van der Waals surface area (Å²) in [7, 11) is 0. The van der Waals surface area contributed by atoms with Gasteiger partial charge in [0.05, 0.1) is 11.8 Å². The van der Waals surface area contributed by atoms with E-state index in [2.05, 4.69) is 87.7 Å². The highest BCUT2D eigenvalue weighted by Gasteiger charge is 2.28. The Bertz CT molecular complexity index is 2660. The number of phenols is 1. The summed E-state index contributed by atoms with van der Waals surface area (Å²) in [6.45, 7) is 4.15. The van der Waals surface area contributed by atoms with Gasteiger partial charge in [0, 0.05) is 49.3 Å². The highest BCUT2D eigenvalue weighted by atomic mass is 16.5. The van der Waals surface area contributed by atoms with E-state index in [1.54, 1.807) is 24.3 Å². The molecule has 0 radical (unpaired) electrons. The average Bonchev–Trinajstić information content (AvgIpc) is 3.74. The summed E-state index contributed by atoms with van der Waals surface area (Å²) in [6, 6.07) is 36.9. The van der Waals surface area contributed by atoms with Gasteiger partial charge in [0.25, 0.3) is 17.3 Å². The molecular weight excluding hydrogens is 717 g/mol. The Morgan fingerprint density at radius 2 is 1.37 bits per heavy atom. The third kappa shape index (κ3) is 8.16. The molecule has 1 aromatic heterocycles. The van der Waals surface area contributed by atoms with Gasteiger partial charge in [-0.05, 0) is 82.4 Å². The lowest BCUT2D eigenvalue weighted by Crippen LogP contribution is -2.37. The highest BCUT2D eigenvalue weighted by molar-refractivity contribution is 5.95. The minimum absolute atomic E-state index is 0.113. The van der Waals surface area contributed by atoms with Crippen molar-refractivity contribution in [3.8, 4) is 17.2 Å². The van der Waals surface area contributed by atoms with Gasteiger partial charge in [-0.25, -0.2) is 0 Å². The van der Waals surface area contributed by atoms with Gasteiger partial charge in [-0.3, -0.25) is 9.59 Å². The topological polar surface area (TPSA) is 131 Å². The fraction of sp³-hybridized carbons (Fsp3) is 0.170. The molecule has 0 spiro atoms. The summed E-state index contributed by atoms with van der Waals surface area (Å²) in [5, 5.41) is 31.4. The molecular formula is C47H42N4O6. The third-order valence-electron chi connectivity index (χ3n) is 10.2. The van der Waals surface area contributed by atoms with Gasteiger partial charge < -0.3 is 34.9 Å². The summed E-state index contributed by atoms with van der Waals surface area (Å²) in [4.78, 5) is 27.7. The number of phenolic OH excluding ortho intramolecular Hbond substituents is 1. The smallest absolute Gasteiger partial charge is 0.374 e. The van der Waals surface area contributed by atoms with E-state index in [0.717, 1.165) is 49.7 Å². The summed E-state index contributed by atoms with van der Waals surface area (Å²) < 4.78 is 15.3. The number of carbonyl (C=O) groups excluding carboxylic acids is 2. The van der Waals surface area contributed by atoms with Gasteiger partial charge in [0.1, 0.15) is 5.75 Å². The van der Waals surface area contributed by atoms with Gasteiger partial charge >= 0.3 is 5.89 Å². The van der Waals surface area contributed by atoms with Crippen LogP contribution in [0.15, 0.2) is 143 Å². The number of benzene rings is 6. The number of carbonyl (C=O) groups is 2. The third-order valence-corrected chi connectivity index (χ3v) is 10.2. The second-order valence-electron chi connectivity index (χ2n) is 14.0. The quantitative estimate of drug-likeness (QED) is 0.0803. The van der Waals surface area contributed by atoms with Crippen molar-refractivity contribution >= 4 is 56.2 Å². The predicted octanol–water partition coefficient (Wildman–Crippen LogP) is 7.98. The molecule has 286 valence electrons. The molecule has 0 unspecified atom stereocenters. The van der Waals surface area contributed by atoms with Gasteiger partial charge in [-0.2, -0.15) is 4.57 Å². The molecule has 7 aromatic rings. The molecule has 0 fully saturated rings. The SMILES string of the molecule is CCC(/C=C1\Oc2cc3ccccc3cc2N1CCCNC(=O)c1ccc([O-])cc1)=C\c1oc2cc3ccccc3cc2[n+]1CCCNC(=O)c1ccc(O)cc1. The molecule has 0 atom stereocenters. The molecule has 57 heavy (non-hydrogen) atoms. The zero-order valence-electron chi connectivity index (χ0n) is 31.5. The largest absolute Gasteiger partial charge is 0.872 e. The maximum Gasteiger partial charge on any atom is 0.374 e. The number of nitrogens with one attached hydrogen (secondary N) is 2. The first kappa shape index (κ1) is 36.9. The lowest BCUT2D eigenvalue weighted by Gasteiger charge is -2.19. The first-order valence-electron chi connectivity index (χ1n) is 19.2. The number of anilines is 1. The Kier molecular flexibility index (Phi) is 10.6. The number of allylic oxidation sites excluding steroid dienone is 2. The Labute approximate surface area is 329 Å². The first-order chi connectivity index (χ1) is 27.8. The van der Waals surface area contributed by atoms with Crippen molar-refractivity contribution in [2.24, 2.45) is 0 Å². The minimum atomic E-state index is -0.224. The van der Waals surface area contributed by atoms with E-state index in [9.17, 15) is 19.8 Å². The number of fused-ring (bicyclic) bond motifs is 4. The molecule has 2 heterocycles. The number of aromatic hydroxyl groups is 1. The Morgan fingerprint density at radius 1 is 0.772 bits per heavy atom. The molecule has 0 aliphatic carbocycles.